The number of phenols is 11. The van der Waals surface area contributed by atoms with Crippen LogP contribution in [0, 0.1) is 42.4 Å². The number of aryl methyl sites for hydroxylation is 6. The minimum absolute atomic E-state index is 0.0194. The second kappa shape index (κ2) is 52.5. The highest BCUT2D eigenvalue weighted by molar-refractivity contribution is 5.58. The smallest absolute Gasteiger partial charge is 0.126 e. The van der Waals surface area contributed by atoms with E-state index in [4.69, 9.17) is 4.74 Å². The van der Waals surface area contributed by atoms with Crippen molar-refractivity contribution in [1.29, 1.82) is 0 Å². The summed E-state index contributed by atoms with van der Waals surface area (Å²) in [5.41, 5.74) is 24.9. The lowest BCUT2D eigenvalue weighted by Crippen LogP contribution is -2.17. The van der Waals surface area contributed by atoms with Gasteiger partial charge in [-0.15, -0.1) is 0 Å². The highest BCUT2D eigenvalue weighted by Crippen LogP contribution is 2.54. The zero-order valence-corrected chi connectivity index (χ0v) is 84.4. The lowest BCUT2D eigenvalue weighted by Gasteiger charge is -2.32. The average molecular weight is 1800 g/mol. The second-order valence-corrected chi connectivity index (χ2v) is 40.0. The van der Waals surface area contributed by atoms with Crippen LogP contribution >= 0.6 is 0 Å². The zero-order chi connectivity index (χ0) is 97.7. The van der Waals surface area contributed by atoms with Crippen molar-refractivity contribution in [3.63, 3.8) is 0 Å². The van der Waals surface area contributed by atoms with E-state index in [2.05, 4.69) is 165 Å². The van der Waals surface area contributed by atoms with E-state index in [1.807, 2.05) is 84.0 Å². The Morgan fingerprint density at radius 1 is 0.250 bits per heavy atom. The molecule has 12 nitrogen and oxygen atoms in total. The quantitative estimate of drug-likeness (QED) is 0.0149. The molecule has 0 aromatic heterocycles. The molecule has 0 bridgehead atoms. The van der Waals surface area contributed by atoms with E-state index >= 15 is 0 Å². The monoisotopic (exact) mass is 1800 g/mol. The summed E-state index contributed by atoms with van der Waals surface area (Å²) in [6.45, 7) is 62.3. The van der Waals surface area contributed by atoms with Crippen molar-refractivity contribution in [2.24, 2.45) is 35.5 Å². The average Bonchev–Trinajstić information content (AvgIpc) is 0.800. The standard InChI is InChI=1S/C22H32O2.2C21H30O2.C20H28O2.C19H26O2.C17H22O2/c1-6-7-8-9-17-13-20(23)22(21(14-17)24-5)19-12-16(4)10-11-18(19)15(2)3;2*1-5-6-7-8-16-12-19(22)21(20(23)13-16)18-11-15(4)9-10-17(18)14(2)3;1-5-6-7-15-11-18(21)20(19(22)12-15)17-10-14(4)8-9-16(17)13(2)3;1-5-6-14-10-17(20)19(18(21)11-14)16-9-13(4)7-8-15(16)12(2)3;1-10(2)13-6-5-11(3)7-14(13)17-15(18)8-12(4)9-16(17)19/h12-14,18-19,23H,2,6-11H2,1,3-5H3;2*11-13,17-18,22-23H,2,5-10H2,1,3-4H3;10-12,16-17,21-22H,2,5-9H2,1,3-4H3;9-11,15-16,20-21H,2,5-8H2,1,3-4H3;7-9,13-14,18-19H,1,5-6H2,2-4H3/t18-,19+;2*17-,18+;16-,17+;15-,16+;13-,14+/m000000/s1. The lowest BCUT2D eigenvalue weighted by atomic mass is 9.73. The van der Waals surface area contributed by atoms with E-state index in [0.717, 1.165) is 220 Å². The Hall–Kier alpha value is -10.2. The molecule has 0 saturated carbocycles. The normalized spacial score (nSPS) is 21.5. The molecule has 0 radical (unpaired) electrons. The maximum Gasteiger partial charge on any atom is 0.126 e. The Morgan fingerprint density at radius 2 is 0.432 bits per heavy atom. The molecule has 11 N–H and O–H groups in total. The Morgan fingerprint density at radius 3 is 0.629 bits per heavy atom. The summed E-state index contributed by atoms with van der Waals surface area (Å²) in [6.07, 6.45) is 43.9. The van der Waals surface area contributed by atoms with Crippen LogP contribution in [-0.2, 0) is 32.1 Å². The van der Waals surface area contributed by atoms with Crippen LogP contribution in [0.4, 0.5) is 0 Å². The maximum atomic E-state index is 10.8. The molecule has 6 aliphatic rings. The van der Waals surface area contributed by atoms with Gasteiger partial charge in [-0.3, -0.25) is 0 Å². The number of methoxy groups -OCH3 is 1. The fourth-order valence-corrected chi connectivity index (χ4v) is 20.9. The predicted octanol–water partition coefficient (Wildman–Crippen LogP) is 32.8. The summed E-state index contributed by atoms with van der Waals surface area (Å²) in [4.78, 5) is 0. The van der Waals surface area contributed by atoms with Gasteiger partial charge in [-0.1, -0.05) is 229 Å². The van der Waals surface area contributed by atoms with Crippen LogP contribution < -0.4 is 4.74 Å². The van der Waals surface area contributed by atoms with E-state index in [9.17, 15) is 56.2 Å². The Labute approximate surface area is 796 Å². The van der Waals surface area contributed by atoms with Gasteiger partial charge >= 0.3 is 0 Å². The number of unbranched alkanes of at least 4 members (excludes halogenated alkanes) is 7. The predicted molar refractivity (Wildman–Crippen MR) is 555 cm³/mol. The van der Waals surface area contributed by atoms with Crippen LogP contribution in [0.5, 0.6) is 69.0 Å². The van der Waals surface area contributed by atoms with Crippen molar-refractivity contribution in [3.8, 4) is 69.0 Å². The van der Waals surface area contributed by atoms with Crippen molar-refractivity contribution in [2.45, 2.75) is 346 Å². The number of benzene rings is 6. The summed E-state index contributed by atoms with van der Waals surface area (Å²) in [7, 11) is 1.70. The van der Waals surface area contributed by atoms with Crippen molar-refractivity contribution < 1.29 is 60.9 Å². The summed E-state index contributed by atoms with van der Waals surface area (Å²) in [5, 5.41) is 115. The van der Waals surface area contributed by atoms with Crippen LogP contribution in [0.3, 0.4) is 0 Å². The van der Waals surface area contributed by atoms with Gasteiger partial charge < -0.3 is 60.9 Å². The number of hydrogen-bond acceptors (Lipinski definition) is 12. The first-order valence-corrected chi connectivity index (χ1v) is 49.7. The summed E-state index contributed by atoms with van der Waals surface area (Å²) >= 11 is 0. The molecule has 12 heteroatoms. The lowest BCUT2D eigenvalue weighted by molar-refractivity contribution is 0.381. The van der Waals surface area contributed by atoms with E-state index in [-0.39, 0.29) is 123 Å². The molecule has 6 aromatic rings. The van der Waals surface area contributed by atoms with Crippen LogP contribution in [0.15, 0.2) is 216 Å². The summed E-state index contributed by atoms with van der Waals surface area (Å²) in [5.74, 6) is 5.27. The van der Waals surface area contributed by atoms with Crippen molar-refractivity contribution in [1.82, 2.24) is 0 Å². The van der Waals surface area contributed by atoms with Gasteiger partial charge in [0.15, 0.2) is 0 Å². The third-order valence-electron chi connectivity index (χ3n) is 28.3. The van der Waals surface area contributed by atoms with Gasteiger partial charge in [0.05, 0.1) is 7.11 Å². The number of ether oxygens (including phenoxy) is 1. The molecule has 0 aliphatic heterocycles. The number of aromatic hydroxyl groups is 11. The zero-order valence-electron chi connectivity index (χ0n) is 84.4. The first-order valence-electron chi connectivity index (χ1n) is 49.7. The Bertz CT molecular complexity index is 4910. The molecule has 12 atom stereocenters. The second-order valence-electron chi connectivity index (χ2n) is 40.0. The van der Waals surface area contributed by atoms with E-state index in [1.54, 1.807) is 31.4 Å². The number of phenolic OH excluding ortho intramolecular Hbond substituents is 11. The van der Waals surface area contributed by atoms with Crippen LogP contribution in [0.1, 0.15) is 374 Å². The molecule has 0 heterocycles. The molecule has 0 unspecified atom stereocenters. The molecule has 0 fully saturated rings. The van der Waals surface area contributed by atoms with Crippen molar-refractivity contribution in [2.75, 3.05) is 7.11 Å². The molecule has 6 aromatic carbocycles. The molecule has 0 saturated heterocycles. The van der Waals surface area contributed by atoms with E-state index in [1.165, 1.54) is 77.5 Å². The molecule has 720 valence electrons. The fraction of sp³-hybridized carbons (Fsp3) is 0.500. The first-order chi connectivity index (χ1) is 62.6. The number of allylic oxidation sites excluding steroid dienone is 18. The maximum absolute atomic E-state index is 10.8. The van der Waals surface area contributed by atoms with Crippen molar-refractivity contribution in [3.05, 3.63) is 282 Å². The molecule has 0 spiro atoms. The third kappa shape index (κ3) is 30.4. The van der Waals surface area contributed by atoms with Gasteiger partial charge in [0, 0.05) is 68.9 Å². The minimum atomic E-state index is 0.0194. The van der Waals surface area contributed by atoms with Gasteiger partial charge in [-0.2, -0.15) is 0 Å². The largest absolute Gasteiger partial charge is 0.507 e. The van der Waals surface area contributed by atoms with E-state index in [0.29, 0.717) is 39.5 Å². The molecule has 0 amide bonds. The SMILES string of the molecule is C=C(C)[C@@H]1CCC(C)=C[C@H]1c1c(O)cc(C)cc1O.C=C(C)[C@@H]1CCC(C)=C[C@H]1c1c(O)cc(CCC)cc1O.C=C(C)[C@@H]1CCC(C)=C[C@H]1c1c(O)cc(CCCC)cc1O.C=C(C)[C@@H]1CCC(C)=C[C@H]1c1c(O)cc(CCCCC)cc1O.C=C(C)[C@@H]1CCC(C)=C[C@H]1c1c(O)cc(CCCCC)cc1O.C=C(C)[C@@H]1CCC(C)=C[C@H]1c1c(O)cc(CCCCC)cc1OC. The van der Waals surface area contributed by atoms with Gasteiger partial charge in [-0.05, 0) is 367 Å². The number of hydrogen-bond donors (Lipinski definition) is 11. The van der Waals surface area contributed by atoms with Crippen LogP contribution in [0.2, 0.25) is 0 Å². The molecular formula is C120H168O12. The molecular weight excluding hydrogens is 1630 g/mol. The topological polar surface area (TPSA) is 232 Å². The van der Waals surface area contributed by atoms with Gasteiger partial charge in [0.2, 0.25) is 0 Å². The highest BCUT2D eigenvalue weighted by Gasteiger charge is 2.37. The molecule has 132 heavy (non-hydrogen) atoms. The molecule has 12 rings (SSSR count). The Kier molecular flexibility index (Phi) is 43.2. The molecule has 6 aliphatic carbocycles. The Balaban J connectivity index is 0.000000217. The van der Waals surface area contributed by atoms with Gasteiger partial charge in [-0.25, -0.2) is 0 Å². The van der Waals surface area contributed by atoms with Gasteiger partial charge in [0.1, 0.15) is 69.0 Å². The van der Waals surface area contributed by atoms with Crippen molar-refractivity contribution >= 4 is 0 Å². The van der Waals surface area contributed by atoms with Gasteiger partial charge in [0.25, 0.3) is 0 Å². The minimum Gasteiger partial charge on any atom is -0.507 e. The third-order valence-corrected chi connectivity index (χ3v) is 28.3. The highest BCUT2D eigenvalue weighted by atomic mass is 16.5. The van der Waals surface area contributed by atoms with Crippen LogP contribution in [-0.4, -0.2) is 63.3 Å². The summed E-state index contributed by atoms with van der Waals surface area (Å²) < 4.78 is 5.67. The summed E-state index contributed by atoms with van der Waals surface area (Å²) in [6, 6.07) is 22.0. The fourth-order valence-electron chi connectivity index (χ4n) is 20.9. The first kappa shape index (κ1) is 109. The van der Waals surface area contributed by atoms with E-state index < -0.39 is 0 Å². The van der Waals surface area contributed by atoms with Crippen LogP contribution in [0.25, 0.3) is 0 Å². The number of rotatable bonds is 30.